The number of furan rings is 1. The minimum atomic E-state index is -0.739. The van der Waals surface area contributed by atoms with Crippen LogP contribution in [0.25, 0.3) is 11.7 Å². The summed E-state index contributed by atoms with van der Waals surface area (Å²) in [5.74, 6) is 0.980. The van der Waals surface area contributed by atoms with Crippen molar-refractivity contribution in [3.8, 4) is 11.7 Å². The van der Waals surface area contributed by atoms with Gasteiger partial charge in [0.1, 0.15) is 0 Å². The number of likely N-dealkylation sites (tertiary alicyclic amines) is 1. The number of carboxylic acids is 1. The quantitative estimate of drug-likeness (QED) is 0.887. The monoisotopic (exact) mass is 277 g/mol. The molecule has 20 heavy (non-hydrogen) atoms. The molecular formula is C13H15N3O4. The van der Waals surface area contributed by atoms with Crippen molar-refractivity contribution in [2.24, 2.45) is 5.92 Å². The zero-order chi connectivity index (χ0) is 13.9. The molecule has 1 aliphatic rings. The van der Waals surface area contributed by atoms with Crippen LogP contribution in [0.1, 0.15) is 18.7 Å². The first kappa shape index (κ1) is 12.9. The van der Waals surface area contributed by atoms with E-state index in [1.165, 1.54) is 0 Å². The summed E-state index contributed by atoms with van der Waals surface area (Å²) in [6.07, 6.45) is 2.67. The van der Waals surface area contributed by atoms with E-state index in [0.29, 0.717) is 24.0 Å². The van der Waals surface area contributed by atoms with Gasteiger partial charge in [0.2, 0.25) is 0 Å². The number of rotatable bonds is 5. The minimum Gasteiger partial charge on any atom is -0.481 e. The third-order valence-electron chi connectivity index (χ3n) is 3.40. The fraction of sp³-hybridized carbons (Fsp3) is 0.462. The van der Waals surface area contributed by atoms with E-state index in [0.717, 1.165) is 19.5 Å². The Kier molecular flexibility index (Phi) is 3.51. The molecular weight excluding hydrogens is 262 g/mol. The van der Waals surface area contributed by atoms with E-state index in [4.69, 9.17) is 14.0 Å². The fourth-order valence-corrected chi connectivity index (χ4v) is 2.49. The van der Waals surface area contributed by atoms with Crippen molar-refractivity contribution in [3.63, 3.8) is 0 Å². The summed E-state index contributed by atoms with van der Waals surface area (Å²) in [6.45, 7) is 2.19. The molecule has 1 saturated heterocycles. The molecule has 1 fully saturated rings. The lowest BCUT2D eigenvalue weighted by atomic mass is 10.1. The Hall–Kier alpha value is -2.15. The standard InChI is InChI=1S/C13H15N3O4/c17-12(18)6-9-3-4-16(7-9)8-11-14-13(20-15-11)10-2-1-5-19-10/h1-2,5,9H,3-4,6-8H2,(H,17,18). The minimum absolute atomic E-state index is 0.212. The number of carbonyl (C=O) groups is 1. The number of aromatic nitrogens is 2. The molecule has 1 aliphatic heterocycles. The van der Waals surface area contributed by atoms with Crippen LogP contribution in [-0.4, -0.2) is 39.2 Å². The van der Waals surface area contributed by atoms with Crippen LogP contribution in [0.3, 0.4) is 0 Å². The van der Waals surface area contributed by atoms with Gasteiger partial charge in [0.15, 0.2) is 11.6 Å². The Balaban J connectivity index is 1.58. The van der Waals surface area contributed by atoms with Gasteiger partial charge in [-0.15, -0.1) is 0 Å². The van der Waals surface area contributed by atoms with E-state index < -0.39 is 5.97 Å². The van der Waals surface area contributed by atoms with Crippen LogP contribution >= 0.6 is 0 Å². The van der Waals surface area contributed by atoms with Gasteiger partial charge >= 0.3 is 5.97 Å². The van der Waals surface area contributed by atoms with Gasteiger partial charge in [-0.05, 0) is 31.0 Å². The largest absolute Gasteiger partial charge is 0.481 e. The average molecular weight is 277 g/mol. The molecule has 0 radical (unpaired) electrons. The van der Waals surface area contributed by atoms with Crippen molar-refractivity contribution in [1.82, 2.24) is 15.0 Å². The zero-order valence-corrected chi connectivity index (χ0v) is 10.9. The molecule has 0 spiro atoms. The Labute approximate surface area is 115 Å². The highest BCUT2D eigenvalue weighted by Gasteiger charge is 2.25. The number of aliphatic carboxylic acids is 1. The number of hydrogen-bond acceptors (Lipinski definition) is 6. The van der Waals surface area contributed by atoms with Crippen molar-refractivity contribution in [2.45, 2.75) is 19.4 Å². The molecule has 0 bridgehead atoms. The average Bonchev–Trinajstić information content (AvgIpc) is 3.09. The van der Waals surface area contributed by atoms with Crippen LogP contribution < -0.4 is 0 Å². The third kappa shape index (κ3) is 2.88. The second kappa shape index (κ2) is 5.46. The van der Waals surface area contributed by atoms with E-state index in [9.17, 15) is 4.79 Å². The van der Waals surface area contributed by atoms with Crippen molar-refractivity contribution in [1.29, 1.82) is 0 Å². The first-order valence-electron chi connectivity index (χ1n) is 6.51. The van der Waals surface area contributed by atoms with E-state index in [1.807, 2.05) is 0 Å². The molecule has 1 N–H and O–H groups in total. The Morgan fingerprint density at radius 1 is 1.55 bits per heavy atom. The van der Waals surface area contributed by atoms with Crippen LogP contribution in [0.4, 0.5) is 0 Å². The van der Waals surface area contributed by atoms with Gasteiger partial charge < -0.3 is 14.0 Å². The lowest BCUT2D eigenvalue weighted by molar-refractivity contribution is -0.138. The second-order valence-corrected chi connectivity index (χ2v) is 4.98. The summed E-state index contributed by atoms with van der Waals surface area (Å²) in [5, 5.41) is 12.7. The Bertz CT molecular complexity index is 578. The summed E-state index contributed by atoms with van der Waals surface area (Å²) in [6, 6.07) is 3.52. The van der Waals surface area contributed by atoms with Crippen LogP contribution in [0, 0.1) is 5.92 Å². The van der Waals surface area contributed by atoms with Gasteiger partial charge in [-0.3, -0.25) is 9.69 Å². The predicted molar refractivity (Wildman–Crippen MR) is 67.6 cm³/mol. The van der Waals surface area contributed by atoms with Crippen LogP contribution in [-0.2, 0) is 11.3 Å². The molecule has 0 aliphatic carbocycles. The van der Waals surface area contributed by atoms with E-state index >= 15 is 0 Å². The molecule has 1 atom stereocenters. The molecule has 2 aromatic rings. The maximum Gasteiger partial charge on any atom is 0.303 e. The van der Waals surface area contributed by atoms with Crippen LogP contribution in [0.2, 0.25) is 0 Å². The summed E-state index contributed by atoms with van der Waals surface area (Å²) >= 11 is 0. The lowest BCUT2D eigenvalue weighted by Gasteiger charge is -2.12. The Morgan fingerprint density at radius 2 is 2.45 bits per heavy atom. The fourth-order valence-electron chi connectivity index (χ4n) is 2.49. The van der Waals surface area contributed by atoms with Gasteiger partial charge in [0.25, 0.3) is 5.89 Å². The van der Waals surface area contributed by atoms with Crippen molar-refractivity contribution >= 4 is 5.97 Å². The Morgan fingerprint density at radius 3 is 3.20 bits per heavy atom. The van der Waals surface area contributed by atoms with Crippen molar-refractivity contribution in [2.75, 3.05) is 13.1 Å². The molecule has 3 rings (SSSR count). The van der Waals surface area contributed by atoms with Gasteiger partial charge in [0.05, 0.1) is 12.8 Å². The van der Waals surface area contributed by atoms with E-state index in [2.05, 4.69) is 15.0 Å². The molecule has 7 nitrogen and oxygen atoms in total. The summed E-state index contributed by atoms with van der Waals surface area (Å²) < 4.78 is 10.3. The number of hydrogen-bond donors (Lipinski definition) is 1. The van der Waals surface area contributed by atoms with Gasteiger partial charge in [-0.25, -0.2) is 0 Å². The number of carboxylic acid groups (broad SMARTS) is 1. The molecule has 7 heteroatoms. The predicted octanol–water partition coefficient (Wildman–Crippen LogP) is 1.63. The maximum atomic E-state index is 10.7. The first-order chi connectivity index (χ1) is 9.70. The first-order valence-corrected chi connectivity index (χ1v) is 6.51. The molecule has 3 heterocycles. The lowest BCUT2D eigenvalue weighted by Crippen LogP contribution is -2.21. The summed E-state index contributed by atoms with van der Waals surface area (Å²) in [5.41, 5.74) is 0. The topological polar surface area (TPSA) is 92.6 Å². The van der Waals surface area contributed by atoms with Crippen LogP contribution in [0.15, 0.2) is 27.3 Å². The maximum absolute atomic E-state index is 10.7. The van der Waals surface area contributed by atoms with E-state index in [1.54, 1.807) is 18.4 Å². The summed E-state index contributed by atoms with van der Waals surface area (Å²) in [7, 11) is 0. The van der Waals surface area contributed by atoms with Gasteiger partial charge in [-0.1, -0.05) is 5.16 Å². The highest BCUT2D eigenvalue weighted by atomic mass is 16.5. The zero-order valence-electron chi connectivity index (χ0n) is 10.9. The molecule has 106 valence electrons. The highest BCUT2D eigenvalue weighted by molar-refractivity contribution is 5.67. The molecule has 0 aromatic carbocycles. The smallest absolute Gasteiger partial charge is 0.303 e. The molecule has 1 unspecified atom stereocenters. The normalized spacial score (nSPS) is 19.5. The van der Waals surface area contributed by atoms with Crippen molar-refractivity contribution < 1.29 is 18.8 Å². The SMILES string of the molecule is O=C(O)CC1CCN(Cc2noc(-c3ccco3)n2)C1. The third-order valence-corrected chi connectivity index (χ3v) is 3.40. The molecule has 0 amide bonds. The number of nitrogens with zero attached hydrogens (tertiary/aromatic N) is 3. The molecule has 2 aromatic heterocycles. The van der Waals surface area contributed by atoms with Gasteiger partial charge in [0, 0.05) is 13.0 Å². The van der Waals surface area contributed by atoms with E-state index in [-0.39, 0.29) is 12.3 Å². The second-order valence-electron chi connectivity index (χ2n) is 4.98. The summed E-state index contributed by atoms with van der Waals surface area (Å²) in [4.78, 5) is 17.1. The molecule has 0 saturated carbocycles. The van der Waals surface area contributed by atoms with Crippen molar-refractivity contribution in [3.05, 3.63) is 24.2 Å². The van der Waals surface area contributed by atoms with Gasteiger partial charge in [-0.2, -0.15) is 4.98 Å². The van der Waals surface area contributed by atoms with Crippen LogP contribution in [0.5, 0.6) is 0 Å². The highest BCUT2D eigenvalue weighted by Crippen LogP contribution is 2.22.